The average molecular weight is 330 g/mol. The molecule has 18 heavy (non-hydrogen) atoms. The van der Waals surface area contributed by atoms with Gasteiger partial charge in [0.1, 0.15) is 10.7 Å². The Morgan fingerprint density at radius 2 is 2.22 bits per heavy atom. The smallest absolute Gasteiger partial charge is 0.350 e. The molecular formula is C12H9BrFNO2S. The summed E-state index contributed by atoms with van der Waals surface area (Å²) in [7, 11) is 1.28. The molecule has 1 heterocycles. The van der Waals surface area contributed by atoms with E-state index in [9.17, 15) is 9.18 Å². The third-order valence-corrected chi connectivity index (χ3v) is 4.15. The van der Waals surface area contributed by atoms with E-state index in [-0.39, 0.29) is 16.4 Å². The van der Waals surface area contributed by atoms with Gasteiger partial charge in [-0.05, 0) is 18.2 Å². The minimum atomic E-state index is -0.517. The van der Waals surface area contributed by atoms with E-state index in [1.165, 1.54) is 13.2 Å². The van der Waals surface area contributed by atoms with E-state index >= 15 is 0 Å². The van der Waals surface area contributed by atoms with Crippen molar-refractivity contribution < 1.29 is 13.9 Å². The van der Waals surface area contributed by atoms with Crippen molar-refractivity contribution in [3.8, 4) is 10.4 Å². The molecule has 1 aromatic heterocycles. The second-order valence-electron chi connectivity index (χ2n) is 3.48. The lowest BCUT2D eigenvalue weighted by Crippen LogP contribution is -2.00. The Morgan fingerprint density at radius 1 is 1.50 bits per heavy atom. The van der Waals surface area contributed by atoms with E-state index in [2.05, 4.69) is 20.7 Å². The first-order valence-electron chi connectivity index (χ1n) is 4.96. The van der Waals surface area contributed by atoms with Crippen LogP contribution in [0.25, 0.3) is 10.4 Å². The van der Waals surface area contributed by atoms with Crippen LogP contribution in [-0.4, -0.2) is 13.1 Å². The van der Waals surface area contributed by atoms with Gasteiger partial charge in [-0.15, -0.1) is 11.3 Å². The van der Waals surface area contributed by atoms with E-state index in [0.29, 0.717) is 14.9 Å². The molecule has 1 aromatic carbocycles. The molecule has 2 N–H and O–H groups in total. The van der Waals surface area contributed by atoms with Crippen LogP contribution in [0.3, 0.4) is 0 Å². The second-order valence-corrected chi connectivity index (χ2v) is 5.39. The van der Waals surface area contributed by atoms with E-state index in [4.69, 9.17) is 5.73 Å². The molecule has 0 amide bonds. The zero-order valence-electron chi connectivity index (χ0n) is 9.37. The fourth-order valence-corrected chi connectivity index (χ4v) is 3.26. The highest BCUT2D eigenvalue weighted by Crippen LogP contribution is 2.38. The van der Waals surface area contributed by atoms with Crippen LogP contribution in [0.5, 0.6) is 0 Å². The highest BCUT2D eigenvalue weighted by Gasteiger charge is 2.18. The predicted molar refractivity (Wildman–Crippen MR) is 73.2 cm³/mol. The zero-order valence-corrected chi connectivity index (χ0v) is 11.8. The molecule has 0 saturated carbocycles. The van der Waals surface area contributed by atoms with Crippen molar-refractivity contribution in [1.29, 1.82) is 0 Å². The SMILES string of the molecule is COC(=O)c1sc(-c2c(F)cccc2Br)cc1N. The molecule has 94 valence electrons. The van der Waals surface area contributed by atoms with Crippen LogP contribution in [-0.2, 0) is 4.74 Å². The number of rotatable bonds is 2. The molecule has 0 spiro atoms. The van der Waals surface area contributed by atoms with E-state index in [0.717, 1.165) is 11.3 Å². The van der Waals surface area contributed by atoms with Crippen LogP contribution in [0.15, 0.2) is 28.7 Å². The summed E-state index contributed by atoms with van der Waals surface area (Å²) >= 11 is 4.39. The first kappa shape index (κ1) is 13.0. The summed E-state index contributed by atoms with van der Waals surface area (Å²) < 4.78 is 19.0. The van der Waals surface area contributed by atoms with Gasteiger partial charge in [-0.25, -0.2) is 9.18 Å². The van der Waals surface area contributed by atoms with Gasteiger partial charge in [0.05, 0.1) is 12.8 Å². The van der Waals surface area contributed by atoms with Crippen molar-refractivity contribution in [3.63, 3.8) is 0 Å². The molecular weight excluding hydrogens is 321 g/mol. The van der Waals surface area contributed by atoms with Crippen molar-refractivity contribution in [2.75, 3.05) is 12.8 Å². The van der Waals surface area contributed by atoms with Gasteiger partial charge in [0.25, 0.3) is 0 Å². The molecule has 0 aliphatic carbocycles. The molecule has 2 aromatic rings. The highest BCUT2D eigenvalue weighted by atomic mass is 79.9. The zero-order chi connectivity index (χ0) is 13.3. The number of methoxy groups -OCH3 is 1. The Labute approximate surface area is 116 Å². The van der Waals surface area contributed by atoms with Gasteiger partial charge >= 0.3 is 5.97 Å². The first-order valence-corrected chi connectivity index (χ1v) is 6.57. The Hall–Kier alpha value is -1.40. The van der Waals surface area contributed by atoms with Gasteiger partial charge in [0.2, 0.25) is 0 Å². The molecule has 0 aliphatic rings. The highest BCUT2D eigenvalue weighted by molar-refractivity contribution is 9.10. The Kier molecular flexibility index (Phi) is 3.68. The first-order chi connectivity index (χ1) is 8.54. The van der Waals surface area contributed by atoms with Crippen LogP contribution in [0.2, 0.25) is 0 Å². The standard InChI is InChI=1S/C12H9BrFNO2S/c1-17-12(16)11-8(15)5-9(18-11)10-6(13)3-2-4-7(10)14/h2-5H,15H2,1H3. The number of ether oxygens (including phenoxy) is 1. The number of nitrogens with two attached hydrogens (primary N) is 1. The molecule has 0 bridgehead atoms. The summed E-state index contributed by atoms with van der Waals surface area (Å²) in [6.07, 6.45) is 0. The lowest BCUT2D eigenvalue weighted by molar-refractivity contribution is 0.0607. The number of anilines is 1. The van der Waals surface area contributed by atoms with E-state index in [1.807, 2.05) is 0 Å². The number of esters is 1. The van der Waals surface area contributed by atoms with Gasteiger partial charge in [0, 0.05) is 14.9 Å². The molecule has 0 fully saturated rings. The van der Waals surface area contributed by atoms with Crippen molar-refractivity contribution in [3.05, 3.63) is 39.4 Å². The normalized spacial score (nSPS) is 10.4. The van der Waals surface area contributed by atoms with Gasteiger partial charge in [-0.2, -0.15) is 0 Å². The molecule has 0 radical (unpaired) electrons. The van der Waals surface area contributed by atoms with Gasteiger partial charge in [0.15, 0.2) is 0 Å². The number of carbonyl (C=O) groups excluding carboxylic acids is 1. The summed E-state index contributed by atoms with van der Waals surface area (Å²) in [6.45, 7) is 0. The van der Waals surface area contributed by atoms with Crippen molar-refractivity contribution in [1.82, 2.24) is 0 Å². The van der Waals surface area contributed by atoms with E-state index in [1.54, 1.807) is 18.2 Å². The Morgan fingerprint density at radius 3 is 2.83 bits per heavy atom. The number of carbonyl (C=O) groups is 1. The van der Waals surface area contributed by atoms with Gasteiger partial charge < -0.3 is 10.5 Å². The summed E-state index contributed by atoms with van der Waals surface area (Å²) in [5.41, 5.74) is 6.41. The van der Waals surface area contributed by atoms with Crippen LogP contribution >= 0.6 is 27.3 Å². The lowest BCUT2D eigenvalue weighted by atomic mass is 10.2. The topological polar surface area (TPSA) is 52.3 Å². The van der Waals surface area contributed by atoms with Crippen LogP contribution in [0, 0.1) is 5.82 Å². The third-order valence-electron chi connectivity index (χ3n) is 2.34. The Balaban J connectivity index is 2.56. The fraction of sp³-hybridized carbons (Fsp3) is 0.0833. The fourth-order valence-electron chi connectivity index (χ4n) is 1.51. The molecule has 0 atom stereocenters. The maximum atomic E-state index is 13.8. The lowest BCUT2D eigenvalue weighted by Gasteiger charge is -2.02. The summed E-state index contributed by atoms with van der Waals surface area (Å²) in [5, 5.41) is 0. The maximum Gasteiger partial charge on any atom is 0.350 e. The summed E-state index contributed by atoms with van der Waals surface area (Å²) in [5.74, 6) is -0.891. The average Bonchev–Trinajstić information content (AvgIpc) is 2.70. The maximum absolute atomic E-state index is 13.8. The van der Waals surface area contributed by atoms with Crippen LogP contribution in [0.1, 0.15) is 9.67 Å². The molecule has 0 unspecified atom stereocenters. The Bertz CT molecular complexity index is 592. The van der Waals surface area contributed by atoms with Crippen molar-refractivity contribution in [2.24, 2.45) is 0 Å². The number of benzene rings is 1. The predicted octanol–water partition coefficient (Wildman–Crippen LogP) is 3.69. The van der Waals surface area contributed by atoms with Gasteiger partial charge in [-0.3, -0.25) is 0 Å². The number of hydrogen-bond donors (Lipinski definition) is 1. The largest absolute Gasteiger partial charge is 0.465 e. The third kappa shape index (κ3) is 2.26. The summed E-state index contributed by atoms with van der Waals surface area (Å²) in [4.78, 5) is 12.3. The van der Waals surface area contributed by atoms with E-state index < -0.39 is 5.97 Å². The quantitative estimate of drug-likeness (QED) is 0.855. The molecule has 0 saturated heterocycles. The molecule has 6 heteroatoms. The minimum Gasteiger partial charge on any atom is -0.465 e. The van der Waals surface area contributed by atoms with Crippen LogP contribution in [0.4, 0.5) is 10.1 Å². The number of thiophene rings is 1. The van der Waals surface area contributed by atoms with Gasteiger partial charge in [-0.1, -0.05) is 22.0 Å². The number of nitrogen functional groups attached to an aromatic ring is 1. The van der Waals surface area contributed by atoms with Crippen LogP contribution < -0.4 is 5.73 Å². The van der Waals surface area contributed by atoms with Crippen molar-refractivity contribution in [2.45, 2.75) is 0 Å². The summed E-state index contributed by atoms with van der Waals surface area (Å²) in [6, 6.07) is 6.25. The molecule has 3 nitrogen and oxygen atoms in total. The molecule has 0 aliphatic heterocycles. The molecule has 2 rings (SSSR count). The monoisotopic (exact) mass is 329 g/mol. The number of halogens is 2. The second kappa shape index (κ2) is 5.07. The van der Waals surface area contributed by atoms with Crippen molar-refractivity contribution >= 4 is 38.9 Å². The number of hydrogen-bond acceptors (Lipinski definition) is 4. The minimum absolute atomic E-state index is 0.280.